The Morgan fingerprint density at radius 2 is 1.45 bits per heavy atom. The van der Waals surface area contributed by atoms with Crippen LogP contribution in [0.3, 0.4) is 0 Å². The SMILES string of the molecule is CC1C2CC3(C)C1CC1C4C(C)C(C)(C2C)C4(C)C13C. The molecule has 20 heavy (non-hydrogen) atoms. The molecule has 0 N–H and O–H groups in total. The average molecular weight is 272 g/mol. The summed E-state index contributed by atoms with van der Waals surface area (Å²) >= 11 is 0. The molecule has 0 saturated heterocycles. The molecule has 5 aliphatic carbocycles. The Morgan fingerprint density at radius 3 is 2.10 bits per heavy atom. The topological polar surface area (TPSA) is 0 Å². The number of fused-ring (bicyclic) bond motifs is 2. The predicted octanol–water partition coefficient (Wildman–Crippen LogP) is 5.23. The molecule has 0 amide bonds. The average Bonchev–Trinajstić information content (AvgIpc) is 2.78. The Morgan fingerprint density at radius 1 is 0.800 bits per heavy atom. The van der Waals surface area contributed by atoms with Crippen LogP contribution in [0.5, 0.6) is 0 Å². The molecule has 11 unspecified atom stereocenters. The van der Waals surface area contributed by atoms with E-state index in [-0.39, 0.29) is 0 Å². The lowest BCUT2D eigenvalue weighted by molar-refractivity contribution is -0.392. The van der Waals surface area contributed by atoms with Gasteiger partial charge in [-0.1, -0.05) is 48.5 Å². The first-order valence-electron chi connectivity index (χ1n) is 9.17. The van der Waals surface area contributed by atoms with Gasteiger partial charge in [0.05, 0.1) is 0 Å². The maximum absolute atomic E-state index is 2.73. The lowest BCUT2D eigenvalue weighted by Crippen LogP contribution is -2.82. The van der Waals surface area contributed by atoms with E-state index in [0.29, 0.717) is 21.7 Å². The van der Waals surface area contributed by atoms with Gasteiger partial charge in [-0.2, -0.15) is 0 Å². The van der Waals surface area contributed by atoms with Crippen LogP contribution in [-0.2, 0) is 0 Å². The van der Waals surface area contributed by atoms with Crippen LogP contribution in [0.1, 0.15) is 61.3 Å². The zero-order valence-electron chi connectivity index (χ0n) is 14.5. The van der Waals surface area contributed by atoms with Gasteiger partial charge in [0.1, 0.15) is 0 Å². The highest BCUT2D eigenvalue weighted by atomic mass is 15.0. The smallest absolute Gasteiger partial charge is 0.0171 e. The monoisotopic (exact) mass is 272 g/mol. The lowest BCUT2D eigenvalue weighted by Gasteiger charge is -2.86. The molecule has 5 fully saturated rings. The van der Waals surface area contributed by atoms with Crippen molar-refractivity contribution in [2.45, 2.75) is 61.3 Å². The lowest BCUT2D eigenvalue weighted by atomic mass is 9.18. The van der Waals surface area contributed by atoms with Crippen molar-refractivity contribution < 1.29 is 0 Å². The van der Waals surface area contributed by atoms with Crippen molar-refractivity contribution in [1.82, 2.24) is 0 Å². The van der Waals surface area contributed by atoms with Gasteiger partial charge in [0, 0.05) is 0 Å². The van der Waals surface area contributed by atoms with E-state index in [1.165, 1.54) is 6.42 Å². The first-order chi connectivity index (χ1) is 9.17. The van der Waals surface area contributed by atoms with E-state index < -0.39 is 0 Å². The highest BCUT2D eigenvalue weighted by molar-refractivity contribution is 5.38. The van der Waals surface area contributed by atoms with Crippen LogP contribution in [0.15, 0.2) is 0 Å². The fourth-order valence-electron chi connectivity index (χ4n) is 10.3. The Balaban J connectivity index is 1.83. The Kier molecular flexibility index (Phi) is 1.75. The molecule has 5 rings (SSSR count). The molecule has 11 atom stereocenters. The first kappa shape index (κ1) is 12.5. The molecular weight excluding hydrogens is 240 g/mol. The van der Waals surface area contributed by atoms with E-state index in [4.69, 9.17) is 0 Å². The van der Waals surface area contributed by atoms with Gasteiger partial charge < -0.3 is 0 Å². The summed E-state index contributed by atoms with van der Waals surface area (Å²) in [5.74, 6) is 7.01. The molecule has 112 valence electrons. The van der Waals surface area contributed by atoms with Gasteiger partial charge >= 0.3 is 0 Å². The van der Waals surface area contributed by atoms with E-state index in [9.17, 15) is 0 Å². The fourth-order valence-corrected chi connectivity index (χ4v) is 10.3. The summed E-state index contributed by atoms with van der Waals surface area (Å²) < 4.78 is 0. The predicted molar refractivity (Wildman–Crippen MR) is 83.1 cm³/mol. The molecule has 0 spiro atoms. The van der Waals surface area contributed by atoms with Crippen molar-refractivity contribution in [1.29, 1.82) is 0 Å². The normalized spacial score (nSPS) is 79.7. The van der Waals surface area contributed by atoms with Gasteiger partial charge in [-0.05, 0) is 75.9 Å². The molecule has 0 aromatic rings. The quantitative estimate of drug-likeness (QED) is 0.566. The summed E-state index contributed by atoms with van der Waals surface area (Å²) in [5.41, 5.74) is 2.54. The van der Waals surface area contributed by atoms with Gasteiger partial charge in [-0.15, -0.1) is 0 Å². The minimum Gasteiger partial charge on any atom is -0.0619 e. The van der Waals surface area contributed by atoms with Crippen molar-refractivity contribution >= 4 is 0 Å². The highest BCUT2D eigenvalue weighted by Gasteiger charge is 2.91. The molecule has 0 aromatic heterocycles. The number of hydrogen-bond donors (Lipinski definition) is 0. The largest absolute Gasteiger partial charge is 0.0619 e. The van der Waals surface area contributed by atoms with E-state index in [0.717, 1.165) is 41.4 Å². The van der Waals surface area contributed by atoms with E-state index >= 15 is 0 Å². The third kappa shape index (κ3) is 0.703. The van der Waals surface area contributed by atoms with Crippen molar-refractivity contribution in [2.24, 2.45) is 63.1 Å². The molecule has 0 heterocycles. The molecule has 0 nitrogen and oxygen atoms in total. The molecular formula is C20H32. The molecule has 0 aliphatic heterocycles. The number of hydrogen-bond acceptors (Lipinski definition) is 0. The Bertz CT molecular complexity index is 522. The molecule has 5 saturated carbocycles. The summed E-state index contributed by atoms with van der Waals surface area (Å²) in [6.07, 6.45) is 3.11. The second kappa shape index (κ2) is 2.79. The summed E-state index contributed by atoms with van der Waals surface area (Å²) in [7, 11) is 0. The standard InChI is InChI=1S/C20H32/c1-10-13-9-17(4)14(10)8-15-16-12(3)18(5,11(13)2)20(16,7)19(15,17)6/h10-16H,8-9H2,1-7H3. The second-order valence-electron chi connectivity index (χ2n) is 10.4. The minimum atomic E-state index is 0.606. The second-order valence-corrected chi connectivity index (χ2v) is 10.4. The van der Waals surface area contributed by atoms with E-state index in [1.54, 1.807) is 6.42 Å². The molecule has 2 bridgehead atoms. The Hall–Kier alpha value is 0. The summed E-state index contributed by atoms with van der Waals surface area (Å²) in [4.78, 5) is 0. The van der Waals surface area contributed by atoms with Crippen molar-refractivity contribution in [2.75, 3.05) is 0 Å². The first-order valence-corrected chi connectivity index (χ1v) is 9.17. The Labute approximate surface area is 125 Å². The van der Waals surface area contributed by atoms with Crippen LogP contribution in [0, 0.1) is 63.1 Å². The third-order valence-electron chi connectivity index (χ3n) is 11.6. The molecule has 0 aromatic carbocycles. The summed E-state index contributed by atoms with van der Waals surface area (Å²) in [5, 5.41) is 0. The van der Waals surface area contributed by atoms with Crippen LogP contribution in [0.2, 0.25) is 0 Å². The third-order valence-corrected chi connectivity index (χ3v) is 11.6. The fraction of sp³-hybridized carbons (Fsp3) is 1.00. The van der Waals surface area contributed by atoms with Gasteiger partial charge in [-0.25, -0.2) is 0 Å². The zero-order chi connectivity index (χ0) is 14.5. The van der Waals surface area contributed by atoms with Crippen LogP contribution in [0.25, 0.3) is 0 Å². The maximum Gasteiger partial charge on any atom is -0.0171 e. The van der Waals surface area contributed by atoms with Crippen LogP contribution >= 0.6 is 0 Å². The van der Waals surface area contributed by atoms with Crippen LogP contribution in [-0.4, -0.2) is 0 Å². The van der Waals surface area contributed by atoms with Gasteiger partial charge in [0.15, 0.2) is 0 Å². The van der Waals surface area contributed by atoms with E-state index in [1.807, 2.05) is 0 Å². The highest BCUT2D eigenvalue weighted by Crippen LogP contribution is 2.96. The number of rotatable bonds is 0. The van der Waals surface area contributed by atoms with E-state index in [2.05, 4.69) is 48.5 Å². The zero-order valence-corrected chi connectivity index (χ0v) is 14.5. The molecule has 0 radical (unpaired) electrons. The molecule has 5 aliphatic rings. The van der Waals surface area contributed by atoms with Gasteiger partial charge in [0.2, 0.25) is 0 Å². The summed E-state index contributed by atoms with van der Waals surface area (Å²) in [6, 6.07) is 0. The minimum absolute atomic E-state index is 0.606. The maximum atomic E-state index is 2.73. The van der Waals surface area contributed by atoms with Crippen molar-refractivity contribution in [3.05, 3.63) is 0 Å². The van der Waals surface area contributed by atoms with Crippen molar-refractivity contribution in [3.63, 3.8) is 0 Å². The van der Waals surface area contributed by atoms with Gasteiger partial charge in [-0.3, -0.25) is 0 Å². The van der Waals surface area contributed by atoms with Crippen LogP contribution < -0.4 is 0 Å². The van der Waals surface area contributed by atoms with Crippen LogP contribution in [0.4, 0.5) is 0 Å². The van der Waals surface area contributed by atoms with Gasteiger partial charge in [0.25, 0.3) is 0 Å². The summed E-state index contributed by atoms with van der Waals surface area (Å²) in [6.45, 7) is 18.7. The van der Waals surface area contributed by atoms with Crippen molar-refractivity contribution in [3.8, 4) is 0 Å². The molecule has 0 heteroatoms.